The van der Waals surface area contributed by atoms with Gasteiger partial charge in [-0.15, -0.1) is 0 Å². The van der Waals surface area contributed by atoms with Gasteiger partial charge in [0.05, 0.1) is 17.2 Å². The molecule has 0 aromatic carbocycles. The number of Topliss-reactive ketones (excluding diaryl/α,β-unsaturated/α-hetero) is 1. The van der Waals surface area contributed by atoms with Crippen molar-refractivity contribution in [3.05, 3.63) is 16.9 Å². The fourth-order valence-corrected chi connectivity index (χ4v) is 1.29. The Morgan fingerprint density at radius 2 is 2.50 bits per heavy atom. The van der Waals surface area contributed by atoms with Gasteiger partial charge in [-0.1, -0.05) is 6.92 Å². The molecule has 0 aliphatic rings. The van der Waals surface area contributed by atoms with Gasteiger partial charge in [0.15, 0.2) is 5.78 Å². The van der Waals surface area contributed by atoms with Crippen LogP contribution in [0.1, 0.15) is 19.8 Å². The van der Waals surface area contributed by atoms with Crippen LogP contribution in [0.15, 0.2) is 16.9 Å². The Kier molecular flexibility index (Phi) is 3.47. The van der Waals surface area contributed by atoms with Gasteiger partial charge in [-0.05, 0) is 22.4 Å². The van der Waals surface area contributed by atoms with E-state index in [-0.39, 0.29) is 5.78 Å². The fourth-order valence-electron chi connectivity index (χ4n) is 0.963. The molecule has 66 valence electrons. The largest absolute Gasteiger partial charge is 0.298 e. The standard InChI is InChI=1S/C8H11BrN2O/c1-2-3-8(12)6-11-5-7(9)4-10-11/h4-5H,2-3,6H2,1H3. The van der Waals surface area contributed by atoms with Crippen LogP contribution in [0.25, 0.3) is 0 Å². The Bertz CT molecular complexity index is 270. The molecule has 0 aliphatic carbocycles. The van der Waals surface area contributed by atoms with Crippen LogP contribution >= 0.6 is 15.9 Å². The molecule has 4 heteroatoms. The van der Waals surface area contributed by atoms with Gasteiger partial charge >= 0.3 is 0 Å². The second-order valence-electron chi connectivity index (χ2n) is 2.64. The first-order chi connectivity index (χ1) is 5.72. The monoisotopic (exact) mass is 230 g/mol. The molecule has 0 unspecified atom stereocenters. The molecule has 0 atom stereocenters. The lowest BCUT2D eigenvalue weighted by molar-refractivity contribution is -0.119. The van der Waals surface area contributed by atoms with E-state index in [1.807, 2.05) is 6.92 Å². The number of ketones is 1. The fraction of sp³-hybridized carbons (Fsp3) is 0.500. The Labute approximate surface area is 79.9 Å². The van der Waals surface area contributed by atoms with Crippen LogP contribution in [0, 0.1) is 0 Å². The second-order valence-corrected chi connectivity index (χ2v) is 3.56. The molecule has 0 aliphatic heterocycles. The maximum Gasteiger partial charge on any atom is 0.154 e. The third-order valence-corrected chi connectivity index (χ3v) is 1.88. The van der Waals surface area contributed by atoms with Crippen LogP contribution in [0.2, 0.25) is 0 Å². The molecular weight excluding hydrogens is 220 g/mol. The maximum absolute atomic E-state index is 11.1. The number of carbonyl (C=O) groups excluding carboxylic acids is 1. The first-order valence-electron chi connectivity index (χ1n) is 3.92. The van der Waals surface area contributed by atoms with Gasteiger partial charge in [0.25, 0.3) is 0 Å². The number of carbonyl (C=O) groups is 1. The van der Waals surface area contributed by atoms with Crippen LogP contribution in [0.4, 0.5) is 0 Å². The SMILES string of the molecule is CCCC(=O)Cn1cc(Br)cn1. The van der Waals surface area contributed by atoms with Gasteiger partial charge in [-0.25, -0.2) is 0 Å². The third kappa shape index (κ3) is 2.77. The third-order valence-electron chi connectivity index (χ3n) is 1.47. The predicted octanol–water partition coefficient (Wildman–Crippen LogP) is 2.01. The normalized spacial score (nSPS) is 10.2. The van der Waals surface area contributed by atoms with E-state index >= 15 is 0 Å². The zero-order valence-corrected chi connectivity index (χ0v) is 8.54. The van der Waals surface area contributed by atoms with Gasteiger partial charge in [0.1, 0.15) is 0 Å². The summed E-state index contributed by atoms with van der Waals surface area (Å²) in [5.74, 6) is 0.230. The molecule has 0 amide bonds. The summed E-state index contributed by atoms with van der Waals surface area (Å²) in [6, 6.07) is 0. The predicted molar refractivity (Wildman–Crippen MR) is 49.8 cm³/mol. The van der Waals surface area contributed by atoms with Gasteiger partial charge in [0, 0.05) is 12.6 Å². The number of hydrogen-bond acceptors (Lipinski definition) is 2. The second kappa shape index (κ2) is 4.40. The smallest absolute Gasteiger partial charge is 0.154 e. The Morgan fingerprint density at radius 1 is 1.75 bits per heavy atom. The maximum atomic E-state index is 11.1. The summed E-state index contributed by atoms with van der Waals surface area (Å²) in [4.78, 5) is 11.1. The Morgan fingerprint density at radius 3 is 3.00 bits per heavy atom. The van der Waals surface area contributed by atoms with Crippen molar-refractivity contribution in [3.8, 4) is 0 Å². The van der Waals surface area contributed by atoms with Gasteiger partial charge < -0.3 is 0 Å². The molecule has 0 bridgehead atoms. The number of rotatable bonds is 4. The lowest BCUT2D eigenvalue weighted by Crippen LogP contribution is -2.09. The number of nitrogens with zero attached hydrogens (tertiary/aromatic N) is 2. The average Bonchev–Trinajstić information content (AvgIpc) is 2.36. The molecule has 0 fully saturated rings. The lowest BCUT2D eigenvalue weighted by atomic mass is 10.2. The van der Waals surface area contributed by atoms with Crippen molar-refractivity contribution in [2.45, 2.75) is 26.3 Å². The number of hydrogen-bond donors (Lipinski definition) is 0. The zero-order valence-electron chi connectivity index (χ0n) is 6.96. The van der Waals surface area contributed by atoms with Gasteiger partial charge in [-0.3, -0.25) is 9.48 Å². The van der Waals surface area contributed by atoms with E-state index in [0.29, 0.717) is 13.0 Å². The van der Waals surface area contributed by atoms with Crippen molar-refractivity contribution in [1.82, 2.24) is 9.78 Å². The summed E-state index contributed by atoms with van der Waals surface area (Å²) < 4.78 is 2.55. The summed E-state index contributed by atoms with van der Waals surface area (Å²) in [5, 5.41) is 3.99. The summed E-state index contributed by atoms with van der Waals surface area (Å²) in [5.41, 5.74) is 0. The van der Waals surface area contributed by atoms with E-state index in [2.05, 4.69) is 21.0 Å². The minimum absolute atomic E-state index is 0.230. The van der Waals surface area contributed by atoms with Crippen LogP contribution in [0.3, 0.4) is 0 Å². The van der Waals surface area contributed by atoms with E-state index in [4.69, 9.17) is 0 Å². The molecule has 0 saturated carbocycles. The summed E-state index contributed by atoms with van der Waals surface area (Å²) in [7, 11) is 0. The highest BCUT2D eigenvalue weighted by Gasteiger charge is 2.02. The van der Waals surface area contributed by atoms with Crippen molar-refractivity contribution >= 4 is 21.7 Å². The molecule has 1 aromatic heterocycles. The van der Waals surface area contributed by atoms with Crippen LogP contribution < -0.4 is 0 Å². The Hall–Kier alpha value is -0.640. The van der Waals surface area contributed by atoms with E-state index in [1.165, 1.54) is 0 Å². The van der Waals surface area contributed by atoms with Crippen molar-refractivity contribution in [3.63, 3.8) is 0 Å². The molecule has 0 N–H and O–H groups in total. The van der Waals surface area contributed by atoms with E-state index in [1.54, 1.807) is 17.1 Å². The van der Waals surface area contributed by atoms with Crippen LogP contribution in [-0.2, 0) is 11.3 Å². The topological polar surface area (TPSA) is 34.9 Å². The van der Waals surface area contributed by atoms with Gasteiger partial charge in [0.2, 0.25) is 0 Å². The Balaban J connectivity index is 2.46. The van der Waals surface area contributed by atoms with Crippen LogP contribution in [0.5, 0.6) is 0 Å². The molecule has 1 heterocycles. The van der Waals surface area contributed by atoms with Gasteiger partial charge in [-0.2, -0.15) is 5.10 Å². The number of halogens is 1. The quantitative estimate of drug-likeness (QED) is 0.794. The highest BCUT2D eigenvalue weighted by Crippen LogP contribution is 2.06. The highest BCUT2D eigenvalue weighted by molar-refractivity contribution is 9.10. The van der Waals surface area contributed by atoms with Crippen molar-refractivity contribution < 1.29 is 4.79 Å². The van der Waals surface area contributed by atoms with Crippen molar-refractivity contribution in [2.24, 2.45) is 0 Å². The average molecular weight is 231 g/mol. The van der Waals surface area contributed by atoms with Crippen molar-refractivity contribution in [1.29, 1.82) is 0 Å². The van der Waals surface area contributed by atoms with E-state index in [9.17, 15) is 4.79 Å². The summed E-state index contributed by atoms with van der Waals surface area (Å²) in [6.07, 6.45) is 5.02. The molecule has 0 radical (unpaired) electrons. The highest BCUT2D eigenvalue weighted by atomic mass is 79.9. The molecular formula is C8H11BrN2O. The minimum atomic E-state index is 0.230. The summed E-state index contributed by atoms with van der Waals surface area (Å²) >= 11 is 3.27. The number of aromatic nitrogens is 2. The first kappa shape index (κ1) is 9.45. The van der Waals surface area contributed by atoms with Crippen LogP contribution in [-0.4, -0.2) is 15.6 Å². The van der Waals surface area contributed by atoms with E-state index < -0.39 is 0 Å². The van der Waals surface area contributed by atoms with Crippen molar-refractivity contribution in [2.75, 3.05) is 0 Å². The zero-order chi connectivity index (χ0) is 8.97. The first-order valence-corrected chi connectivity index (χ1v) is 4.71. The molecule has 3 nitrogen and oxygen atoms in total. The molecule has 0 saturated heterocycles. The van der Waals surface area contributed by atoms with E-state index in [0.717, 1.165) is 10.9 Å². The molecule has 1 rings (SSSR count). The molecule has 1 aromatic rings. The minimum Gasteiger partial charge on any atom is -0.298 e. The molecule has 0 spiro atoms. The lowest BCUT2D eigenvalue weighted by Gasteiger charge is -1.97. The molecule has 12 heavy (non-hydrogen) atoms. The summed E-state index contributed by atoms with van der Waals surface area (Å²) in [6.45, 7) is 2.39.